The highest BCUT2D eigenvalue weighted by molar-refractivity contribution is 7.89. The predicted molar refractivity (Wildman–Crippen MR) is 76.7 cm³/mol. The minimum atomic E-state index is -3.26. The summed E-state index contributed by atoms with van der Waals surface area (Å²) >= 11 is 1.51. The van der Waals surface area contributed by atoms with E-state index in [9.17, 15) is 8.42 Å². The van der Waals surface area contributed by atoms with E-state index in [0.29, 0.717) is 16.7 Å². The summed E-state index contributed by atoms with van der Waals surface area (Å²) in [5.41, 5.74) is 0. The third-order valence-electron chi connectivity index (χ3n) is 4.31. The van der Waals surface area contributed by atoms with Crippen LogP contribution in [-0.4, -0.2) is 32.9 Å². The smallest absolute Gasteiger partial charge is 0.243 e. The summed E-state index contributed by atoms with van der Waals surface area (Å²) in [5, 5.41) is 4.83. The Balaban J connectivity index is 1.78. The van der Waals surface area contributed by atoms with Crippen LogP contribution in [0.3, 0.4) is 0 Å². The lowest BCUT2D eigenvalue weighted by Crippen LogP contribution is -2.29. The van der Waals surface area contributed by atoms with Crippen LogP contribution in [-0.2, 0) is 16.6 Å². The zero-order chi connectivity index (χ0) is 13.5. The van der Waals surface area contributed by atoms with Crippen molar-refractivity contribution >= 4 is 21.4 Å². The third-order valence-corrected chi connectivity index (χ3v) is 7.21. The first-order valence-electron chi connectivity index (χ1n) is 6.83. The first kappa shape index (κ1) is 13.5. The van der Waals surface area contributed by atoms with E-state index in [1.807, 2.05) is 13.1 Å². The molecule has 6 heteroatoms. The summed E-state index contributed by atoms with van der Waals surface area (Å²) in [7, 11) is -1.39. The van der Waals surface area contributed by atoms with Crippen molar-refractivity contribution in [2.75, 3.05) is 20.1 Å². The van der Waals surface area contributed by atoms with E-state index < -0.39 is 10.0 Å². The van der Waals surface area contributed by atoms with Crippen LogP contribution in [0.1, 0.15) is 24.1 Å². The molecule has 0 bridgehead atoms. The Morgan fingerprint density at radius 2 is 2.05 bits per heavy atom. The fourth-order valence-corrected chi connectivity index (χ4v) is 6.13. The summed E-state index contributed by atoms with van der Waals surface area (Å²) in [5.74, 6) is 1.20. The molecule has 3 rings (SSSR count). The van der Waals surface area contributed by atoms with Gasteiger partial charge in [0.1, 0.15) is 0 Å². The SMILES string of the molecule is CNCc1cc(S(=O)(=O)N2CC3CCCC3C2)cs1. The van der Waals surface area contributed by atoms with Gasteiger partial charge in [-0.05, 0) is 37.8 Å². The molecule has 0 radical (unpaired) electrons. The molecule has 2 atom stereocenters. The lowest BCUT2D eigenvalue weighted by Gasteiger charge is -2.16. The predicted octanol–water partition coefficient (Wildman–Crippen LogP) is 1.89. The van der Waals surface area contributed by atoms with Crippen molar-refractivity contribution in [2.24, 2.45) is 11.8 Å². The highest BCUT2D eigenvalue weighted by Gasteiger charge is 2.41. The van der Waals surface area contributed by atoms with Crippen molar-refractivity contribution in [3.05, 3.63) is 16.3 Å². The van der Waals surface area contributed by atoms with Crippen LogP contribution < -0.4 is 5.32 Å². The molecular formula is C13H20N2O2S2. The zero-order valence-corrected chi connectivity index (χ0v) is 12.8. The van der Waals surface area contributed by atoms with E-state index in [2.05, 4.69) is 5.32 Å². The second-order valence-electron chi connectivity index (χ2n) is 5.55. The Morgan fingerprint density at radius 3 is 2.68 bits per heavy atom. The summed E-state index contributed by atoms with van der Waals surface area (Å²) in [4.78, 5) is 1.54. The molecule has 0 amide bonds. The molecule has 1 N–H and O–H groups in total. The van der Waals surface area contributed by atoms with Gasteiger partial charge in [-0.15, -0.1) is 11.3 Å². The maximum Gasteiger partial charge on any atom is 0.243 e. The summed E-state index contributed by atoms with van der Waals surface area (Å²) < 4.78 is 26.9. The van der Waals surface area contributed by atoms with E-state index in [1.54, 1.807) is 9.69 Å². The molecule has 0 spiro atoms. The van der Waals surface area contributed by atoms with Crippen molar-refractivity contribution in [3.63, 3.8) is 0 Å². The minimum Gasteiger partial charge on any atom is -0.315 e. The molecule has 4 nitrogen and oxygen atoms in total. The second kappa shape index (κ2) is 5.16. The van der Waals surface area contributed by atoms with Gasteiger partial charge < -0.3 is 5.32 Å². The van der Waals surface area contributed by atoms with E-state index >= 15 is 0 Å². The number of hydrogen-bond acceptors (Lipinski definition) is 4. The molecule has 2 aliphatic rings. The van der Waals surface area contributed by atoms with Crippen LogP contribution in [0.2, 0.25) is 0 Å². The van der Waals surface area contributed by atoms with Gasteiger partial charge in [-0.2, -0.15) is 4.31 Å². The van der Waals surface area contributed by atoms with Gasteiger partial charge in [0.05, 0.1) is 4.90 Å². The van der Waals surface area contributed by atoms with Crippen LogP contribution in [0.15, 0.2) is 16.3 Å². The molecule has 1 aliphatic carbocycles. The number of nitrogens with one attached hydrogen (secondary N) is 1. The maximum absolute atomic E-state index is 12.6. The van der Waals surface area contributed by atoms with Crippen molar-refractivity contribution < 1.29 is 8.42 Å². The summed E-state index contributed by atoms with van der Waals surface area (Å²) in [6.45, 7) is 2.18. The number of nitrogens with zero attached hydrogens (tertiary/aromatic N) is 1. The van der Waals surface area contributed by atoms with Crippen LogP contribution in [0.25, 0.3) is 0 Å². The summed E-state index contributed by atoms with van der Waals surface area (Å²) in [6, 6.07) is 1.81. The Kier molecular flexibility index (Phi) is 3.68. The number of thiophene rings is 1. The van der Waals surface area contributed by atoms with Gasteiger partial charge in [0.15, 0.2) is 0 Å². The Bertz CT molecular complexity index is 541. The van der Waals surface area contributed by atoms with Crippen molar-refractivity contribution in [2.45, 2.75) is 30.7 Å². The molecule has 1 aromatic heterocycles. The van der Waals surface area contributed by atoms with E-state index in [0.717, 1.165) is 24.5 Å². The van der Waals surface area contributed by atoms with Gasteiger partial charge in [-0.25, -0.2) is 8.42 Å². The van der Waals surface area contributed by atoms with Crippen molar-refractivity contribution in [3.8, 4) is 0 Å². The fraction of sp³-hybridized carbons (Fsp3) is 0.692. The molecule has 1 aromatic rings. The molecule has 1 aliphatic heterocycles. The molecule has 2 heterocycles. The Hall–Kier alpha value is -0.430. The molecule has 2 unspecified atom stereocenters. The summed E-state index contributed by atoms with van der Waals surface area (Å²) in [6.07, 6.45) is 3.67. The molecule has 1 saturated carbocycles. The van der Waals surface area contributed by atoms with Crippen LogP contribution >= 0.6 is 11.3 Å². The lowest BCUT2D eigenvalue weighted by molar-refractivity contribution is 0.445. The highest BCUT2D eigenvalue weighted by Crippen LogP contribution is 2.40. The monoisotopic (exact) mass is 300 g/mol. The van der Waals surface area contributed by atoms with E-state index in [1.165, 1.54) is 30.6 Å². The number of hydrogen-bond donors (Lipinski definition) is 1. The lowest BCUT2D eigenvalue weighted by atomic mass is 10.0. The second-order valence-corrected chi connectivity index (χ2v) is 8.49. The fourth-order valence-electron chi connectivity index (χ4n) is 3.30. The van der Waals surface area contributed by atoms with Crippen LogP contribution in [0.4, 0.5) is 0 Å². The highest BCUT2D eigenvalue weighted by atomic mass is 32.2. The number of rotatable bonds is 4. The van der Waals surface area contributed by atoms with Gasteiger partial charge in [-0.3, -0.25) is 0 Å². The average molecular weight is 300 g/mol. The van der Waals surface area contributed by atoms with Crippen molar-refractivity contribution in [1.82, 2.24) is 9.62 Å². The Labute approximate surface area is 118 Å². The molecule has 1 saturated heterocycles. The average Bonchev–Trinajstić information content (AvgIpc) is 3.03. The van der Waals surface area contributed by atoms with Gasteiger partial charge in [0.2, 0.25) is 10.0 Å². The van der Waals surface area contributed by atoms with Gasteiger partial charge in [0.25, 0.3) is 0 Å². The first-order chi connectivity index (χ1) is 9.11. The van der Waals surface area contributed by atoms with Gasteiger partial charge in [0, 0.05) is 29.9 Å². The third kappa shape index (κ3) is 2.46. The first-order valence-corrected chi connectivity index (χ1v) is 9.15. The van der Waals surface area contributed by atoms with Crippen LogP contribution in [0, 0.1) is 11.8 Å². The largest absolute Gasteiger partial charge is 0.315 e. The Morgan fingerprint density at radius 1 is 1.37 bits per heavy atom. The molecule has 106 valence electrons. The van der Waals surface area contributed by atoms with Crippen LogP contribution in [0.5, 0.6) is 0 Å². The quantitative estimate of drug-likeness (QED) is 0.924. The maximum atomic E-state index is 12.6. The minimum absolute atomic E-state index is 0.475. The van der Waals surface area contributed by atoms with Crippen molar-refractivity contribution in [1.29, 1.82) is 0 Å². The van der Waals surface area contributed by atoms with Gasteiger partial charge in [-0.1, -0.05) is 6.42 Å². The molecule has 0 aromatic carbocycles. The number of fused-ring (bicyclic) bond motifs is 1. The topological polar surface area (TPSA) is 49.4 Å². The number of sulfonamides is 1. The van der Waals surface area contributed by atoms with E-state index in [-0.39, 0.29) is 0 Å². The molecular weight excluding hydrogens is 280 g/mol. The normalized spacial score (nSPS) is 27.8. The standard InChI is InChI=1S/C13H20N2O2S2/c1-14-6-12-5-13(9-18-12)19(16,17)15-7-10-3-2-4-11(10)8-15/h5,9-11,14H,2-4,6-8H2,1H3. The molecule has 2 fully saturated rings. The van der Waals surface area contributed by atoms with E-state index in [4.69, 9.17) is 0 Å². The van der Waals surface area contributed by atoms with Gasteiger partial charge >= 0.3 is 0 Å². The zero-order valence-electron chi connectivity index (χ0n) is 11.1. The molecule has 19 heavy (non-hydrogen) atoms.